The van der Waals surface area contributed by atoms with E-state index in [1.165, 1.54) is 0 Å². The minimum Gasteiger partial charge on any atom is -0.389 e. The van der Waals surface area contributed by atoms with Gasteiger partial charge in [0.25, 0.3) is 0 Å². The number of carbonyl (C=O) groups excluding carboxylic acids is 1. The summed E-state index contributed by atoms with van der Waals surface area (Å²) >= 11 is 0. The largest absolute Gasteiger partial charge is 0.389 e. The van der Waals surface area contributed by atoms with Gasteiger partial charge in [0.05, 0.1) is 18.8 Å². The van der Waals surface area contributed by atoms with E-state index >= 15 is 0 Å². The molecule has 0 bridgehead atoms. The van der Waals surface area contributed by atoms with Crippen molar-refractivity contribution in [1.82, 2.24) is 4.90 Å². The maximum atomic E-state index is 11.0. The smallest absolute Gasteiger partial charge is 0.220 e. The number of carbonyl (C=O) groups is 1. The first kappa shape index (κ1) is 14.4. The highest BCUT2D eigenvalue weighted by Gasteiger charge is 2.24. The van der Waals surface area contributed by atoms with Crippen LogP contribution in [0.1, 0.15) is 26.7 Å². The zero-order chi connectivity index (χ0) is 12.8. The fraction of sp³-hybridized carbons (Fsp3) is 0.917. The number of aliphatic hydroxyl groups excluding tert-OH is 1. The molecule has 1 aliphatic rings. The van der Waals surface area contributed by atoms with Gasteiger partial charge in [0.15, 0.2) is 0 Å². The molecule has 1 heterocycles. The Bertz CT molecular complexity index is 238. The molecule has 0 spiro atoms. The molecular weight excluding hydrogens is 220 g/mol. The van der Waals surface area contributed by atoms with E-state index in [4.69, 9.17) is 10.5 Å². The maximum absolute atomic E-state index is 11.0. The number of likely N-dealkylation sites (tertiary alicyclic amines) is 1. The monoisotopic (exact) mass is 244 g/mol. The van der Waals surface area contributed by atoms with Crippen LogP contribution >= 0.6 is 0 Å². The van der Waals surface area contributed by atoms with E-state index in [-0.39, 0.29) is 17.9 Å². The molecule has 0 saturated carbocycles. The molecule has 1 atom stereocenters. The van der Waals surface area contributed by atoms with E-state index in [0.29, 0.717) is 13.2 Å². The molecular formula is C12H24N2O3. The maximum Gasteiger partial charge on any atom is 0.220 e. The molecule has 0 aromatic heterocycles. The van der Waals surface area contributed by atoms with Gasteiger partial charge in [0, 0.05) is 12.5 Å². The predicted molar refractivity (Wildman–Crippen MR) is 65.5 cm³/mol. The molecule has 0 aromatic rings. The zero-order valence-corrected chi connectivity index (χ0v) is 10.8. The van der Waals surface area contributed by atoms with E-state index in [1.54, 1.807) is 0 Å². The minimum atomic E-state index is -0.456. The number of nitrogens with zero attached hydrogens (tertiary/aromatic N) is 1. The number of nitrogens with two attached hydrogens (primary N) is 1. The van der Waals surface area contributed by atoms with Gasteiger partial charge in [-0.1, -0.05) is 0 Å². The van der Waals surface area contributed by atoms with E-state index in [2.05, 4.69) is 4.90 Å². The average molecular weight is 244 g/mol. The Hall–Kier alpha value is -0.650. The van der Waals surface area contributed by atoms with Crippen molar-refractivity contribution in [2.75, 3.05) is 26.2 Å². The first-order chi connectivity index (χ1) is 7.99. The highest BCUT2D eigenvalue weighted by Crippen LogP contribution is 2.16. The van der Waals surface area contributed by atoms with Crippen LogP contribution in [0.4, 0.5) is 0 Å². The van der Waals surface area contributed by atoms with Crippen LogP contribution in [0.2, 0.25) is 0 Å². The molecule has 0 aliphatic carbocycles. The Morgan fingerprint density at radius 2 is 2.06 bits per heavy atom. The number of β-amino-alcohol motifs (C(OH)–C–C–N with tert-alkyl or cyclic N) is 1. The Labute approximate surface area is 103 Å². The normalized spacial score (nSPS) is 20.7. The van der Waals surface area contributed by atoms with Crippen LogP contribution in [0, 0.1) is 5.92 Å². The van der Waals surface area contributed by atoms with Crippen LogP contribution in [-0.4, -0.2) is 54.4 Å². The Morgan fingerprint density at radius 1 is 1.47 bits per heavy atom. The van der Waals surface area contributed by atoms with Gasteiger partial charge >= 0.3 is 0 Å². The van der Waals surface area contributed by atoms with Crippen molar-refractivity contribution in [3.05, 3.63) is 0 Å². The molecule has 5 heteroatoms. The van der Waals surface area contributed by atoms with Gasteiger partial charge < -0.3 is 20.5 Å². The van der Waals surface area contributed by atoms with Crippen molar-refractivity contribution in [3.63, 3.8) is 0 Å². The topological polar surface area (TPSA) is 75.8 Å². The van der Waals surface area contributed by atoms with Crippen molar-refractivity contribution < 1.29 is 14.6 Å². The van der Waals surface area contributed by atoms with Gasteiger partial charge in [0.2, 0.25) is 5.91 Å². The number of hydrogen-bond acceptors (Lipinski definition) is 4. The Balaban J connectivity index is 2.19. The molecule has 1 amide bonds. The number of primary amides is 1. The predicted octanol–water partition coefficient (Wildman–Crippen LogP) is -0.0304. The molecule has 1 unspecified atom stereocenters. The summed E-state index contributed by atoms with van der Waals surface area (Å²) in [6.45, 7) is 6.53. The molecule has 0 aromatic carbocycles. The lowest BCUT2D eigenvalue weighted by atomic mass is 9.96. The van der Waals surface area contributed by atoms with Crippen LogP contribution in [0.5, 0.6) is 0 Å². The highest BCUT2D eigenvalue weighted by atomic mass is 16.5. The van der Waals surface area contributed by atoms with E-state index in [1.807, 2.05) is 13.8 Å². The third-order valence-corrected chi connectivity index (χ3v) is 3.08. The lowest BCUT2D eigenvalue weighted by Crippen LogP contribution is -2.42. The van der Waals surface area contributed by atoms with Crippen molar-refractivity contribution in [2.24, 2.45) is 11.7 Å². The Morgan fingerprint density at radius 3 is 2.53 bits per heavy atom. The van der Waals surface area contributed by atoms with Gasteiger partial charge in [-0.2, -0.15) is 0 Å². The lowest BCUT2D eigenvalue weighted by molar-refractivity contribution is -0.123. The fourth-order valence-corrected chi connectivity index (χ4v) is 2.05. The first-order valence-electron chi connectivity index (χ1n) is 6.30. The summed E-state index contributed by atoms with van der Waals surface area (Å²) in [6.07, 6.45) is 1.29. The van der Waals surface area contributed by atoms with E-state index in [0.717, 1.165) is 25.9 Å². The second kappa shape index (κ2) is 6.93. The van der Waals surface area contributed by atoms with Crippen molar-refractivity contribution in [1.29, 1.82) is 0 Å². The number of hydrogen-bond donors (Lipinski definition) is 2. The third-order valence-electron chi connectivity index (χ3n) is 3.08. The number of aliphatic hydroxyl groups is 1. The zero-order valence-electron chi connectivity index (χ0n) is 10.8. The van der Waals surface area contributed by atoms with E-state index in [9.17, 15) is 9.90 Å². The molecule has 5 nitrogen and oxygen atoms in total. The van der Waals surface area contributed by atoms with Crippen LogP contribution in [0.3, 0.4) is 0 Å². The summed E-state index contributed by atoms with van der Waals surface area (Å²) in [5.74, 6) is -0.191. The summed E-state index contributed by atoms with van der Waals surface area (Å²) in [5.41, 5.74) is 5.27. The van der Waals surface area contributed by atoms with Crippen LogP contribution in [-0.2, 0) is 9.53 Å². The minimum absolute atomic E-state index is 0.00954. The first-order valence-corrected chi connectivity index (χ1v) is 6.30. The van der Waals surface area contributed by atoms with Gasteiger partial charge in [-0.3, -0.25) is 4.79 Å². The second-order valence-corrected chi connectivity index (χ2v) is 5.01. The van der Waals surface area contributed by atoms with Crippen LogP contribution in [0.25, 0.3) is 0 Å². The second-order valence-electron chi connectivity index (χ2n) is 5.01. The third kappa shape index (κ3) is 5.48. The molecule has 1 aliphatic heterocycles. The van der Waals surface area contributed by atoms with Crippen molar-refractivity contribution in [2.45, 2.75) is 38.9 Å². The standard InChI is InChI=1S/C12H24N2O3/c1-9(2)17-8-11(15)7-14-5-3-10(4-6-14)12(13)16/h9-11,15H,3-8H2,1-2H3,(H2,13,16). The molecule has 100 valence electrons. The fourth-order valence-electron chi connectivity index (χ4n) is 2.05. The van der Waals surface area contributed by atoms with Gasteiger partial charge in [-0.15, -0.1) is 0 Å². The van der Waals surface area contributed by atoms with E-state index < -0.39 is 6.10 Å². The molecule has 1 fully saturated rings. The SMILES string of the molecule is CC(C)OCC(O)CN1CCC(C(N)=O)CC1. The number of amides is 1. The molecule has 17 heavy (non-hydrogen) atoms. The van der Waals surface area contributed by atoms with Crippen LogP contribution < -0.4 is 5.73 Å². The Kier molecular flexibility index (Phi) is 5.88. The lowest BCUT2D eigenvalue weighted by Gasteiger charge is -2.31. The number of rotatable bonds is 6. The summed E-state index contributed by atoms with van der Waals surface area (Å²) < 4.78 is 5.35. The summed E-state index contributed by atoms with van der Waals surface area (Å²) in [5, 5.41) is 9.77. The van der Waals surface area contributed by atoms with Crippen molar-refractivity contribution in [3.8, 4) is 0 Å². The summed E-state index contributed by atoms with van der Waals surface area (Å²) in [7, 11) is 0. The highest BCUT2D eigenvalue weighted by molar-refractivity contribution is 5.76. The van der Waals surface area contributed by atoms with Gasteiger partial charge in [-0.05, 0) is 39.8 Å². The molecule has 3 N–H and O–H groups in total. The average Bonchev–Trinajstić information content (AvgIpc) is 2.27. The summed E-state index contributed by atoms with van der Waals surface area (Å²) in [6, 6.07) is 0. The van der Waals surface area contributed by atoms with Gasteiger partial charge in [0.1, 0.15) is 0 Å². The molecule has 0 radical (unpaired) electrons. The molecule has 1 rings (SSSR count). The van der Waals surface area contributed by atoms with Gasteiger partial charge in [-0.25, -0.2) is 0 Å². The van der Waals surface area contributed by atoms with Crippen LogP contribution in [0.15, 0.2) is 0 Å². The number of piperidine rings is 1. The molecule has 1 saturated heterocycles. The van der Waals surface area contributed by atoms with Crippen molar-refractivity contribution >= 4 is 5.91 Å². The number of ether oxygens (including phenoxy) is 1. The summed E-state index contributed by atoms with van der Waals surface area (Å²) in [4.78, 5) is 13.2. The quantitative estimate of drug-likeness (QED) is 0.688.